The molecule has 1 aliphatic rings. The van der Waals surface area contributed by atoms with Crippen LogP contribution in [0.25, 0.3) is 0 Å². The summed E-state index contributed by atoms with van der Waals surface area (Å²) in [5, 5.41) is 0. The van der Waals surface area contributed by atoms with E-state index in [1.165, 1.54) is 7.11 Å². The molecule has 0 saturated carbocycles. The Balaban J connectivity index is 2.67. The molecule has 1 heterocycles. The van der Waals surface area contributed by atoms with E-state index in [1.54, 1.807) is 0 Å². The van der Waals surface area contributed by atoms with Gasteiger partial charge in [0.2, 0.25) is 0 Å². The number of rotatable bonds is 1. The minimum Gasteiger partial charge on any atom is -0.496 e. The molecular weight excluding hydrogens is 237 g/mol. The highest BCUT2D eigenvalue weighted by molar-refractivity contribution is 6.02. The predicted octanol–water partition coefficient (Wildman–Crippen LogP) is 2.68. The molecule has 1 aromatic rings. The number of carbonyl (C=O) groups is 1. The largest absolute Gasteiger partial charge is 0.496 e. The van der Waals surface area contributed by atoms with Crippen molar-refractivity contribution in [3.05, 3.63) is 23.3 Å². The van der Waals surface area contributed by atoms with E-state index in [2.05, 4.69) is 0 Å². The van der Waals surface area contributed by atoms with Gasteiger partial charge in [0.15, 0.2) is 5.78 Å². The van der Waals surface area contributed by atoms with Crippen LogP contribution in [0.2, 0.25) is 0 Å². The summed E-state index contributed by atoms with van der Waals surface area (Å²) in [6, 6.07) is 1.99. The molecule has 0 atom stereocenters. The summed E-state index contributed by atoms with van der Waals surface area (Å²) in [6.45, 7) is -0.0396. The van der Waals surface area contributed by atoms with E-state index in [0.29, 0.717) is 0 Å². The van der Waals surface area contributed by atoms with Gasteiger partial charge in [-0.2, -0.15) is 13.2 Å². The predicted molar refractivity (Wildman–Crippen MR) is 52.4 cm³/mol. The van der Waals surface area contributed by atoms with Crippen molar-refractivity contribution in [1.29, 1.82) is 0 Å². The molecule has 6 heteroatoms. The molecule has 92 valence electrons. The number of halogens is 3. The maximum atomic E-state index is 12.7. The van der Waals surface area contributed by atoms with Gasteiger partial charge in [-0.15, -0.1) is 0 Å². The number of hydrogen-bond donors (Lipinski definition) is 0. The number of methoxy groups -OCH3 is 1. The van der Waals surface area contributed by atoms with Gasteiger partial charge in [0.05, 0.1) is 19.3 Å². The molecule has 2 rings (SSSR count). The summed E-state index contributed by atoms with van der Waals surface area (Å²) in [4.78, 5) is 11.6. The topological polar surface area (TPSA) is 35.5 Å². The van der Waals surface area contributed by atoms with Crippen molar-refractivity contribution < 1.29 is 27.4 Å². The highest BCUT2D eigenvalue weighted by Crippen LogP contribution is 2.43. The van der Waals surface area contributed by atoms with Crippen LogP contribution in [0.4, 0.5) is 13.2 Å². The lowest BCUT2D eigenvalue weighted by atomic mass is 9.99. The van der Waals surface area contributed by atoms with E-state index >= 15 is 0 Å². The Morgan fingerprint density at radius 2 is 2.06 bits per heavy atom. The maximum Gasteiger partial charge on any atom is 0.419 e. The summed E-state index contributed by atoms with van der Waals surface area (Å²) in [6.07, 6.45) is -4.49. The number of ketones is 1. The molecule has 3 nitrogen and oxygen atoms in total. The van der Waals surface area contributed by atoms with Crippen molar-refractivity contribution in [3.8, 4) is 11.5 Å². The van der Waals surface area contributed by atoms with Crippen molar-refractivity contribution in [3.63, 3.8) is 0 Å². The molecular formula is C11H9F3O3. The van der Waals surface area contributed by atoms with Crippen LogP contribution in [0.1, 0.15) is 22.3 Å². The first-order chi connectivity index (χ1) is 7.95. The van der Waals surface area contributed by atoms with Gasteiger partial charge >= 0.3 is 6.18 Å². The van der Waals surface area contributed by atoms with E-state index in [-0.39, 0.29) is 24.3 Å². The van der Waals surface area contributed by atoms with Gasteiger partial charge in [-0.3, -0.25) is 4.79 Å². The Kier molecular flexibility index (Phi) is 2.73. The fraction of sp³-hybridized carbons (Fsp3) is 0.364. The number of fused-ring (bicyclic) bond motifs is 1. The van der Waals surface area contributed by atoms with Crippen LogP contribution < -0.4 is 9.47 Å². The Morgan fingerprint density at radius 3 is 2.65 bits per heavy atom. The third kappa shape index (κ3) is 1.94. The SMILES string of the molecule is COc1ccc(C(F)(F)F)c2c1C(=O)CCO2. The fourth-order valence-electron chi connectivity index (χ4n) is 1.74. The number of ether oxygens (including phenoxy) is 2. The van der Waals surface area contributed by atoms with E-state index in [0.717, 1.165) is 12.1 Å². The maximum absolute atomic E-state index is 12.7. The van der Waals surface area contributed by atoms with E-state index in [9.17, 15) is 18.0 Å². The van der Waals surface area contributed by atoms with E-state index < -0.39 is 23.3 Å². The minimum atomic E-state index is -4.55. The Hall–Kier alpha value is -1.72. The number of hydrogen-bond acceptors (Lipinski definition) is 3. The zero-order valence-electron chi connectivity index (χ0n) is 8.93. The van der Waals surface area contributed by atoms with Crippen molar-refractivity contribution in [2.45, 2.75) is 12.6 Å². The molecule has 0 bridgehead atoms. The van der Waals surface area contributed by atoms with Crippen LogP contribution in [0.5, 0.6) is 11.5 Å². The van der Waals surface area contributed by atoms with Crippen LogP contribution in [-0.2, 0) is 6.18 Å². The van der Waals surface area contributed by atoms with Gasteiger partial charge < -0.3 is 9.47 Å². The van der Waals surface area contributed by atoms with Crippen LogP contribution in [0, 0.1) is 0 Å². The summed E-state index contributed by atoms with van der Waals surface area (Å²) in [5.41, 5.74) is -1.06. The summed E-state index contributed by atoms with van der Waals surface area (Å²) in [5.74, 6) is -0.708. The molecule has 0 N–H and O–H groups in total. The second-order valence-electron chi connectivity index (χ2n) is 3.54. The molecule has 0 aliphatic carbocycles. The van der Waals surface area contributed by atoms with Gasteiger partial charge in [0.1, 0.15) is 17.1 Å². The quantitative estimate of drug-likeness (QED) is 0.764. The highest BCUT2D eigenvalue weighted by atomic mass is 19.4. The molecule has 0 saturated heterocycles. The van der Waals surface area contributed by atoms with Crippen molar-refractivity contribution >= 4 is 5.78 Å². The number of Topliss-reactive ketones (excluding diaryl/α,β-unsaturated/α-hetero) is 1. The highest BCUT2D eigenvalue weighted by Gasteiger charge is 2.38. The van der Waals surface area contributed by atoms with Crippen molar-refractivity contribution in [2.75, 3.05) is 13.7 Å². The molecule has 1 aliphatic heterocycles. The van der Waals surface area contributed by atoms with Gasteiger partial charge in [0.25, 0.3) is 0 Å². The molecule has 0 radical (unpaired) electrons. The molecule has 17 heavy (non-hydrogen) atoms. The molecule has 0 aromatic heterocycles. The van der Waals surface area contributed by atoms with Crippen molar-refractivity contribution in [2.24, 2.45) is 0 Å². The lowest BCUT2D eigenvalue weighted by Crippen LogP contribution is -2.20. The monoisotopic (exact) mass is 246 g/mol. The summed E-state index contributed by atoms with van der Waals surface area (Å²) in [7, 11) is 1.30. The lowest BCUT2D eigenvalue weighted by Gasteiger charge is -2.22. The smallest absolute Gasteiger partial charge is 0.419 e. The molecule has 0 amide bonds. The van der Waals surface area contributed by atoms with Gasteiger partial charge in [-0.05, 0) is 12.1 Å². The average Bonchev–Trinajstić information content (AvgIpc) is 2.26. The Labute approximate surface area is 95.1 Å². The lowest BCUT2D eigenvalue weighted by molar-refractivity contribution is -0.139. The van der Waals surface area contributed by atoms with E-state index in [1.807, 2.05) is 0 Å². The normalized spacial score (nSPS) is 15.2. The molecule has 1 aromatic carbocycles. The Morgan fingerprint density at radius 1 is 1.35 bits per heavy atom. The summed E-state index contributed by atoms with van der Waals surface area (Å²) >= 11 is 0. The second kappa shape index (κ2) is 3.94. The zero-order valence-corrected chi connectivity index (χ0v) is 8.93. The van der Waals surface area contributed by atoms with Crippen molar-refractivity contribution in [1.82, 2.24) is 0 Å². The van der Waals surface area contributed by atoms with Gasteiger partial charge in [-0.1, -0.05) is 0 Å². The molecule has 0 unspecified atom stereocenters. The second-order valence-corrected chi connectivity index (χ2v) is 3.54. The van der Waals surface area contributed by atoms with Crippen LogP contribution in [0.3, 0.4) is 0 Å². The van der Waals surface area contributed by atoms with Crippen LogP contribution in [-0.4, -0.2) is 19.5 Å². The Bertz CT molecular complexity index is 466. The first kappa shape index (κ1) is 11.8. The summed E-state index contributed by atoms with van der Waals surface area (Å²) < 4.78 is 48.0. The molecule has 0 fully saturated rings. The standard InChI is InChI=1S/C11H9F3O3/c1-16-8-3-2-6(11(12,13)14)10-9(8)7(15)4-5-17-10/h2-3H,4-5H2,1H3. The first-order valence-electron chi connectivity index (χ1n) is 4.89. The van der Waals surface area contributed by atoms with E-state index in [4.69, 9.17) is 9.47 Å². The van der Waals surface area contributed by atoms with Crippen LogP contribution >= 0.6 is 0 Å². The number of alkyl halides is 3. The third-order valence-corrected chi connectivity index (χ3v) is 2.50. The first-order valence-corrected chi connectivity index (χ1v) is 4.89. The fourth-order valence-corrected chi connectivity index (χ4v) is 1.74. The average molecular weight is 246 g/mol. The van der Waals surface area contributed by atoms with Gasteiger partial charge in [0, 0.05) is 6.42 Å². The number of carbonyl (C=O) groups excluding carboxylic acids is 1. The van der Waals surface area contributed by atoms with Gasteiger partial charge in [-0.25, -0.2) is 0 Å². The number of benzene rings is 1. The minimum absolute atomic E-state index is 0.0396. The zero-order chi connectivity index (χ0) is 12.6. The third-order valence-electron chi connectivity index (χ3n) is 2.50. The van der Waals surface area contributed by atoms with Crippen LogP contribution in [0.15, 0.2) is 12.1 Å². The molecule has 0 spiro atoms.